The fraction of sp³-hybridized carbons (Fsp3) is 0.381. The average molecular weight is 324 g/mol. The third-order valence-electron chi connectivity index (χ3n) is 4.38. The van der Waals surface area contributed by atoms with Crippen molar-refractivity contribution in [2.45, 2.75) is 40.2 Å². The molecule has 0 unspecified atom stereocenters. The standard InChI is InChI=1S/C21H28N2O/c1-5-17-12-9-13-18(6-2)21(17)22-20(24)15-23(4)14-19-11-8-7-10-16(19)3/h7-13H,5-6,14-15H2,1-4H3,(H,22,24). The molecular formula is C21H28N2O. The number of carbonyl (C=O) groups is 1. The van der Waals surface area contributed by atoms with E-state index in [0.717, 1.165) is 25.1 Å². The molecule has 2 aromatic rings. The van der Waals surface area contributed by atoms with Gasteiger partial charge in [0.25, 0.3) is 0 Å². The van der Waals surface area contributed by atoms with Crippen molar-refractivity contribution < 1.29 is 4.79 Å². The molecule has 1 amide bonds. The molecule has 2 aromatic carbocycles. The molecule has 3 heteroatoms. The van der Waals surface area contributed by atoms with Crippen LogP contribution >= 0.6 is 0 Å². The summed E-state index contributed by atoms with van der Waals surface area (Å²) in [4.78, 5) is 14.5. The highest BCUT2D eigenvalue weighted by molar-refractivity contribution is 5.93. The Morgan fingerprint density at radius 2 is 1.54 bits per heavy atom. The molecule has 0 fully saturated rings. The zero-order valence-corrected chi connectivity index (χ0v) is 15.2. The predicted molar refractivity (Wildman–Crippen MR) is 101 cm³/mol. The van der Waals surface area contributed by atoms with E-state index in [4.69, 9.17) is 0 Å². The van der Waals surface area contributed by atoms with Crippen LogP contribution in [0.1, 0.15) is 36.1 Å². The van der Waals surface area contributed by atoms with Gasteiger partial charge < -0.3 is 5.32 Å². The van der Waals surface area contributed by atoms with Gasteiger partial charge in [-0.25, -0.2) is 0 Å². The highest BCUT2D eigenvalue weighted by Gasteiger charge is 2.12. The third-order valence-corrected chi connectivity index (χ3v) is 4.38. The van der Waals surface area contributed by atoms with E-state index in [1.54, 1.807) is 0 Å². The highest BCUT2D eigenvalue weighted by atomic mass is 16.2. The number of para-hydroxylation sites is 1. The summed E-state index contributed by atoms with van der Waals surface area (Å²) in [6, 6.07) is 14.6. The molecule has 3 nitrogen and oxygen atoms in total. The fourth-order valence-corrected chi connectivity index (χ4v) is 2.96. The number of carbonyl (C=O) groups excluding carboxylic acids is 1. The monoisotopic (exact) mass is 324 g/mol. The van der Waals surface area contributed by atoms with Crippen LogP contribution in [0.25, 0.3) is 0 Å². The number of likely N-dealkylation sites (N-methyl/N-ethyl adjacent to an activating group) is 1. The summed E-state index contributed by atoms with van der Waals surface area (Å²) in [7, 11) is 1.98. The molecule has 0 saturated carbocycles. The Morgan fingerprint density at radius 3 is 2.12 bits per heavy atom. The van der Waals surface area contributed by atoms with Gasteiger partial charge in [0.1, 0.15) is 0 Å². The van der Waals surface area contributed by atoms with Gasteiger partial charge in [0.05, 0.1) is 6.54 Å². The van der Waals surface area contributed by atoms with E-state index < -0.39 is 0 Å². The molecule has 0 aliphatic carbocycles. The smallest absolute Gasteiger partial charge is 0.238 e. The first kappa shape index (κ1) is 18.2. The fourth-order valence-electron chi connectivity index (χ4n) is 2.96. The Kier molecular flexibility index (Phi) is 6.56. The number of hydrogen-bond donors (Lipinski definition) is 1. The SMILES string of the molecule is CCc1cccc(CC)c1NC(=O)CN(C)Cc1ccccc1C. The van der Waals surface area contributed by atoms with Gasteiger partial charge in [-0.3, -0.25) is 9.69 Å². The van der Waals surface area contributed by atoms with Crippen LogP contribution in [0.2, 0.25) is 0 Å². The first-order valence-corrected chi connectivity index (χ1v) is 8.68. The maximum atomic E-state index is 12.5. The van der Waals surface area contributed by atoms with Crippen molar-refractivity contribution in [3.05, 3.63) is 64.7 Å². The second kappa shape index (κ2) is 8.65. The lowest BCUT2D eigenvalue weighted by Gasteiger charge is -2.19. The van der Waals surface area contributed by atoms with Crippen LogP contribution in [0, 0.1) is 6.92 Å². The summed E-state index contributed by atoms with van der Waals surface area (Å²) < 4.78 is 0. The molecule has 1 N–H and O–H groups in total. The summed E-state index contributed by atoms with van der Waals surface area (Å²) in [6.07, 6.45) is 1.84. The van der Waals surface area contributed by atoms with Crippen LogP contribution in [0.4, 0.5) is 5.69 Å². The zero-order chi connectivity index (χ0) is 17.5. The molecular weight excluding hydrogens is 296 g/mol. The molecule has 0 aliphatic heterocycles. The summed E-state index contributed by atoms with van der Waals surface area (Å²) in [5.74, 6) is 0.0432. The Labute approximate surface area is 145 Å². The molecule has 0 radical (unpaired) electrons. The van der Waals surface area contributed by atoms with Gasteiger partial charge >= 0.3 is 0 Å². The van der Waals surface area contributed by atoms with Crippen molar-refractivity contribution in [2.24, 2.45) is 0 Å². The van der Waals surface area contributed by atoms with E-state index >= 15 is 0 Å². The number of benzene rings is 2. The average Bonchev–Trinajstić information content (AvgIpc) is 2.57. The molecule has 0 atom stereocenters. The summed E-state index contributed by atoms with van der Waals surface area (Å²) in [5, 5.41) is 3.13. The summed E-state index contributed by atoms with van der Waals surface area (Å²) in [6.45, 7) is 7.50. The highest BCUT2D eigenvalue weighted by Crippen LogP contribution is 2.22. The quantitative estimate of drug-likeness (QED) is 0.828. The van der Waals surface area contributed by atoms with Crippen LogP contribution < -0.4 is 5.32 Å². The van der Waals surface area contributed by atoms with Gasteiger partial charge in [-0.2, -0.15) is 0 Å². The molecule has 0 saturated heterocycles. The maximum absolute atomic E-state index is 12.5. The molecule has 128 valence electrons. The molecule has 24 heavy (non-hydrogen) atoms. The van der Waals surface area contributed by atoms with E-state index in [1.165, 1.54) is 22.3 Å². The van der Waals surface area contributed by atoms with Crippen molar-refractivity contribution in [3.63, 3.8) is 0 Å². The lowest BCUT2D eigenvalue weighted by atomic mass is 10.0. The summed E-state index contributed by atoms with van der Waals surface area (Å²) >= 11 is 0. The van der Waals surface area contributed by atoms with Crippen LogP contribution in [0.5, 0.6) is 0 Å². The molecule has 0 spiro atoms. The van der Waals surface area contributed by atoms with Crippen LogP contribution in [-0.2, 0) is 24.2 Å². The van der Waals surface area contributed by atoms with Crippen LogP contribution in [0.15, 0.2) is 42.5 Å². The lowest BCUT2D eigenvalue weighted by molar-refractivity contribution is -0.117. The number of aryl methyl sites for hydroxylation is 3. The minimum absolute atomic E-state index is 0.0432. The Balaban J connectivity index is 2.02. The Hall–Kier alpha value is -2.13. The van der Waals surface area contributed by atoms with Gasteiger partial charge in [-0.15, -0.1) is 0 Å². The largest absolute Gasteiger partial charge is 0.324 e. The first-order chi connectivity index (χ1) is 11.5. The molecule has 0 aliphatic rings. The van der Waals surface area contributed by atoms with Crippen molar-refractivity contribution in [2.75, 3.05) is 18.9 Å². The first-order valence-electron chi connectivity index (χ1n) is 8.68. The summed E-state index contributed by atoms with van der Waals surface area (Å²) in [5.41, 5.74) is 5.91. The maximum Gasteiger partial charge on any atom is 0.238 e. The van der Waals surface area contributed by atoms with Crippen LogP contribution in [-0.4, -0.2) is 24.4 Å². The minimum atomic E-state index is 0.0432. The number of amides is 1. The number of nitrogens with zero attached hydrogens (tertiary/aromatic N) is 1. The van der Waals surface area contributed by atoms with Crippen molar-refractivity contribution in [3.8, 4) is 0 Å². The number of hydrogen-bond acceptors (Lipinski definition) is 2. The van der Waals surface area contributed by atoms with E-state index in [0.29, 0.717) is 6.54 Å². The molecule has 0 bridgehead atoms. The molecule has 0 aromatic heterocycles. The second-order valence-electron chi connectivity index (χ2n) is 6.31. The van der Waals surface area contributed by atoms with Gasteiger partial charge in [0, 0.05) is 12.2 Å². The van der Waals surface area contributed by atoms with Crippen molar-refractivity contribution in [1.29, 1.82) is 0 Å². The van der Waals surface area contributed by atoms with Crippen molar-refractivity contribution in [1.82, 2.24) is 4.90 Å². The van der Waals surface area contributed by atoms with Gasteiger partial charge in [-0.1, -0.05) is 56.3 Å². The zero-order valence-electron chi connectivity index (χ0n) is 15.2. The third kappa shape index (κ3) is 4.68. The minimum Gasteiger partial charge on any atom is -0.324 e. The van der Waals surface area contributed by atoms with Crippen LogP contribution in [0.3, 0.4) is 0 Å². The molecule has 0 heterocycles. The predicted octanol–water partition coefficient (Wildman–Crippen LogP) is 4.19. The van der Waals surface area contributed by atoms with Crippen molar-refractivity contribution >= 4 is 11.6 Å². The van der Waals surface area contributed by atoms with Gasteiger partial charge in [0.15, 0.2) is 0 Å². The second-order valence-corrected chi connectivity index (χ2v) is 6.31. The normalized spacial score (nSPS) is 10.9. The van der Waals surface area contributed by atoms with E-state index in [2.05, 4.69) is 61.3 Å². The number of rotatable bonds is 7. The number of nitrogens with one attached hydrogen (secondary N) is 1. The van der Waals surface area contributed by atoms with Gasteiger partial charge in [-0.05, 0) is 49.1 Å². The van der Waals surface area contributed by atoms with E-state index in [1.807, 2.05) is 19.2 Å². The Morgan fingerprint density at radius 1 is 0.958 bits per heavy atom. The number of anilines is 1. The van der Waals surface area contributed by atoms with E-state index in [9.17, 15) is 4.79 Å². The van der Waals surface area contributed by atoms with Gasteiger partial charge in [0.2, 0.25) is 5.91 Å². The lowest BCUT2D eigenvalue weighted by Crippen LogP contribution is -2.30. The van der Waals surface area contributed by atoms with E-state index in [-0.39, 0.29) is 5.91 Å². The Bertz CT molecular complexity index is 672. The molecule has 2 rings (SSSR count). The topological polar surface area (TPSA) is 32.3 Å².